The molecule has 4 heteroatoms. The van der Waals surface area contributed by atoms with Crippen LogP contribution in [0.4, 0.5) is 0 Å². The normalized spacial score (nSPS) is 16.9. The van der Waals surface area contributed by atoms with Gasteiger partial charge in [0, 0.05) is 19.7 Å². The minimum Gasteiger partial charge on any atom is -0.465 e. The molecule has 0 saturated heterocycles. The quantitative estimate of drug-likeness (QED) is 0.721. The van der Waals surface area contributed by atoms with Gasteiger partial charge in [0.15, 0.2) is 0 Å². The number of hydrogen-bond acceptors (Lipinski definition) is 4. The molecule has 1 fully saturated rings. The monoisotopic (exact) mass is 295 g/mol. The summed E-state index contributed by atoms with van der Waals surface area (Å²) in [4.78, 5) is 2.29. The molecule has 1 aliphatic carbocycles. The Morgan fingerprint density at radius 2 is 2.10 bits per heavy atom. The highest BCUT2D eigenvalue weighted by atomic mass is 16.5. The molecule has 0 radical (unpaired) electrons. The number of rotatable bonds is 10. The summed E-state index contributed by atoms with van der Waals surface area (Å²) in [7, 11) is 0. The van der Waals surface area contributed by atoms with E-state index >= 15 is 0 Å². The Labute approximate surface area is 128 Å². The molecule has 1 aliphatic rings. The lowest BCUT2D eigenvalue weighted by Gasteiger charge is -2.24. The zero-order chi connectivity index (χ0) is 15.2. The van der Waals surface area contributed by atoms with Crippen molar-refractivity contribution in [2.75, 3.05) is 26.3 Å². The van der Waals surface area contributed by atoms with Crippen LogP contribution in [-0.4, -0.2) is 42.4 Å². The Kier molecular flexibility index (Phi) is 6.27. The maximum absolute atomic E-state index is 10.2. The molecule has 1 aromatic heterocycles. The van der Waals surface area contributed by atoms with E-state index in [1.54, 1.807) is 0 Å². The van der Waals surface area contributed by atoms with Gasteiger partial charge >= 0.3 is 0 Å². The largest absolute Gasteiger partial charge is 0.465 e. The molecule has 0 spiro atoms. The van der Waals surface area contributed by atoms with E-state index in [9.17, 15) is 5.11 Å². The van der Waals surface area contributed by atoms with Gasteiger partial charge in [0.05, 0.1) is 19.3 Å². The number of hydrogen-bond donors (Lipinski definition) is 1. The van der Waals surface area contributed by atoms with E-state index in [2.05, 4.69) is 18.7 Å². The topological polar surface area (TPSA) is 45.8 Å². The van der Waals surface area contributed by atoms with Crippen molar-refractivity contribution >= 4 is 0 Å². The van der Waals surface area contributed by atoms with Gasteiger partial charge < -0.3 is 14.3 Å². The van der Waals surface area contributed by atoms with Gasteiger partial charge in [-0.2, -0.15) is 0 Å². The third kappa shape index (κ3) is 6.64. The lowest BCUT2D eigenvalue weighted by molar-refractivity contribution is 0.00526. The van der Waals surface area contributed by atoms with Gasteiger partial charge in [0.25, 0.3) is 0 Å². The predicted molar refractivity (Wildman–Crippen MR) is 83.1 cm³/mol. The van der Waals surface area contributed by atoms with Crippen LogP contribution in [0.25, 0.3) is 0 Å². The molecule has 1 aromatic rings. The summed E-state index contributed by atoms with van der Waals surface area (Å²) < 4.78 is 11.2. The highest BCUT2D eigenvalue weighted by molar-refractivity contribution is 5.05. The minimum absolute atomic E-state index is 0.413. The zero-order valence-corrected chi connectivity index (χ0v) is 13.5. The van der Waals surface area contributed by atoms with Crippen LogP contribution in [0.1, 0.15) is 38.2 Å². The van der Waals surface area contributed by atoms with E-state index in [1.807, 2.05) is 19.1 Å². The van der Waals surface area contributed by atoms with Gasteiger partial charge in [-0.3, -0.25) is 4.90 Å². The van der Waals surface area contributed by atoms with Gasteiger partial charge in [-0.25, -0.2) is 0 Å². The second-order valence-corrected chi connectivity index (χ2v) is 6.73. The second-order valence-electron chi connectivity index (χ2n) is 6.73. The Balaban J connectivity index is 1.78. The van der Waals surface area contributed by atoms with E-state index in [0.29, 0.717) is 25.7 Å². The van der Waals surface area contributed by atoms with Crippen LogP contribution < -0.4 is 0 Å². The Bertz CT molecular complexity index is 412. The molecule has 1 heterocycles. The SMILES string of the molecule is Cc1ccc(CN(CC(O)COCC(C)C)CC2CC2)o1. The van der Waals surface area contributed by atoms with Crippen LogP contribution in [0.2, 0.25) is 0 Å². The number of furan rings is 1. The molecule has 2 rings (SSSR count). The molecular weight excluding hydrogens is 266 g/mol. The summed E-state index contributed by atoms with van der Waals surface area (Å²) in [5.74, 6) is 3.22. The molecule has 1 saturated carbocycles. The number of aliphatic hydroxyl groups is 1. The fourth-order valence-corrected chi connectivity index (χ4v) is 2.45. The standard InChI is InChI=1S/C17H29NO3/c1-13(2)11-20-12-16(19)9-18(8-15-5-6-15)10-17-7-4-14(3)21-17/h4,7,13,15-16,19H,5-6,8-12H2,1-3H3. The highest BCUT2D eigenvalue weighted by Gasteiger charge is 2.26. The van der Waals surface area contributed by atoms with E-state index in [-0.39, 0.29) is 0 Å². The first kappa shape index (κ1) is 16.5. The van der Waals surface area contributed by atoms with E-state index in [0.717, 1.165) is 30.5 Å². The molecule has 1 atom stereocenters. The average Bonchev–Trinajstić information content (AvgIpc) is 3.10. The van der Waals surface area contributed by atoms with Crippen LogP contribution >= 0.6 is 0 Å². The molecule has 0 aliphatic heterocycles. The summed E-state index contributed by atoms with van der Waals surface area (Å²) >= 11 is 0. The molecule has 0 bridgehead atoms. The summed E-state index contributed by atoms with van der Waals surface area (Å²) in [5, 5.41) is 10.2. The Hall–Kier alpha value is -0.840. The molecule has 21 heavy (non-hydrogen) atoms. The summed E-state index contributed by atoms with van der Waals surface area (Å²) in [6, 6.07) is 4.02. The summed E-state index contributed by atoms with van der Waals surface area (Å²) in [6.07, 6.45) is 2.19. The van der Waals surface area contributed by atoms with Crippen molar-refractivity contribution in [3.05, 3.63) is 23.7 Å². The van der Waals surface area contributed by atoms with Crippen molar-refractivity contribution in [1.82, 2.24) is 4.90 Å². The first-order valence-electron chi connectivity index (χ1n) is 8.06. The fourth-order valence-electron chi connectivity index (χ4n) is 2.45. The number of aliphatic hydroxyl groups excluding tert-OH is 1. The molecule has 1 unspecified atom stereocenters. The maximum atomic E-state index is 10.2. The van der Waals surface area contributed by atoms with Crippen LogP contribution in [0, 0.1) is 18.8 Å². The zero-order valence-electron chi connectivity index (χ0n) is 13.5. The van der Waals surface area contributed by atoms with Gasteiger partial charge in [0.1, 0.15) is 11.5 Å². The Morgan fingerprint density at radius 1 is 1.33 bits per heavy atom. The van der Waals surface area contributed by atoms with Gasteiger partial charge in [-0.1, -0.05) is 13.8 Å². The van der Waals surface area contributed by atoms with Gasteiger partial charge in [-0.15, -0.1) is 0 Å². The van der Waals surface area contributed by atoms with Crippen LogP contribution in [0.3, 0.4) is 0 Å². The van der Waals surface area contributed by atoms with Gasteiger partial charge in [-0.05, 0) is 43.7 Å². The fraction of sp³-hybridized carbons (Fsp3) is 0.765. The van der Waals surface area contributed by atoms with Crippen molar-refractivity contribution in [3.63, 3.8) is 0 Å². The first-order valence-corrected chi connectivity index (χ1v) is 8.06. The van der Waals surface area contributed by atoms with Crippen LogP contribution in [-0.2, 0) is 11.3 Å². The second kappa shape index (κ2) is 7.97. The summed E-state index contributed by atoms with van der Waals surface area (Å²) in [6.45, 7) is 9.77. The molecule has 0 aromatic carbocycles. The highest BCUT2D eigenvalue weighted by Crippen LogP contribution is 2.30. The average molecular weight is 295 g/mol. The lowest BCUT2D eigenvalue weighted by Crippen LogP contribution is -2.36. The third-order valence-corrected chi connectivity index (χ3v) is 3.62. The van der Waals surface area contributed by atoms with Crippen molar-refractivity contribution in [3.8, 4) is 0 Å². The van der Waals surface area contributed by atoms with Crippen molar-refractivity contribution in [2.24, 2.45) is 11.8 Å². The van der Waals surface area contributed by atoms with Crippen molar-refractivity contribution in [1.29, 1.82) is 0 Å². The molecular formula is C17H29NO3. The number of nitrogens with zero attached hydrogens (tertiary/aromatic N) is 1. The van der Waals surface area contributed by atoms with E-state index in [4.69, 9.17) is 9.15 Å². The van der Waals surface area contributed by atoms with Crippen LogP contribution in [0.5, 0.6) is 0 Å². The first-order chi connectivity index (χ1) is 10.0. The Morgan fingerprint density at radius 3 is 2.67 bits per heavy atom. The van der Waals surface area contributed by atoms with Crippen molar-refractivity contribution in [2.45, 2.75) is 46.3 Å². The number of ether oxygens (including phenoxy) is 1. The van der Waals surface area contributed by atoms with E-state index < -0.39 is 6.10 Å². The van der Waals surface area contributed by atoms with E-state index in [1.165, 1.54) is 12.8 Å². The van der Waals surface area contributed by atoms with Crippen LogP contribution in [0.15, 0.2) is 16.5 Å². The molecule has 1 N–H and O–H groups in total. The summed E-state index contributed by atoms with van der Waals surface area (Å²) in [5.41, 5.74) is 0. The smallest absolute Gasteiger partial charge is 0.118 e. The molecule has 4 nitrogen and oxygen atoms in total. The maximum Gasteiger partial charge on any atom is 0.118 e. The molecule has 0 amide bonds. The minimum atomic E-state index is -0.432. The lowest BCUT2D eigenvalue weighted by atomic mass is 10.2. The van der Waals surface area contributed by atoms with Gasteiger partial charge in [0.2, 0.25) is 0 Å². The molecule has 120 valence electrons. The predicted octanol–water partition coefficient (Wildman–Crippen LogP) is 2.83. The third-order valence-electron chi connectivity index (χ3n) is 3.62. The number of aryl methyl sites for hydroxylation is 1. The van der Waals surface area contributed by atoms with Crippen molar-refractivity contribution < 1.29 is 14.3 Å².